The van der Waals surface area contributed by atoms with E-state index < -0.39 is 12.7 Å². The van der Waals surface area contributed by atoms with Crippen molar-refractivity contribution in [1.82, 2.24) is 15.0 Å². The van der Waals surface area contributed by atoms with Crippen LogP contribution in [0.4, 0.5) is 25.1 Å². The highest BCUT2D eigenvalue weighted by atomic mass is 19.4. The molecule has 1 heterocycles. The van der Waals surface area contributed by atoms with Crippen LogP contribution >= 0.6 is 0 Å². The second-order valence-corrected chi connectivity index (χ2v) is 3.23. The molecule has 1 rings (SSSR count). The highest BCUT2D eigenvalue weighted by molar-refractivity contribution is 5.34. The Bertz CT molecular complexity index is 386. The molecule has 7 nitrogen and oxygen atoms in total. The number of hydrogen-bond donors (Lipinski definition) is 3. The lowest BCUT2D eigenvalue weighted by molar-refractivity contribution is -0.115. The first-order valence-electron chi connectivity index (χ1n) is 5.10. The van der Waals surface area contributed by atoms with Gasteiger partial charge in [-0.2, -0.15) is 28.1 Å². The summed E-state index contributed by atoms with van der Waals surface area (Å²) in [5.41, 5.74) is 2.12. The summed E-state index contributed by atoms with van der Waals surface area (Å²) in [6.07, 6.45) is -3.66. The summed E-state index contributed by atoms with van der Waals surface area (Å²) in [5, 5.41) is 2.01. The Morgan fingerprint density at radius 1 is 1.22 bits per heavy atom. The standard InChI is InChI=1S/C8H13F3N6O/c1-2-3-18-7-15-5(13-4-8(9,10)11)14-6(16-7)17-12/h2-4,12H2,1H3,(H2,13,14,15,16,17). The predicted molar refractivity (Wildman–Crippen MR) is 58.0 cm³/mol. The molecule has 0 bridgehead atoms. The summed E-state index contributed by atoms with van der Waals surface area (Å²) < 4.78 is 41.2. The number of hydrazine groups is 1. The third-order valence-corrected chi connectivity index (χ3v) is 1.63. The van der Waals surface area contributed by atoms with Gasteiger partial charge in [0.1, 0.15) is 6.54 Å². The third kappa shape index (κ3) is 4.99. The van der Waals surface area contributed by atoms with Crippen LogP contribution in [0.3, 0.4) is 0 Å². The molecule has 0 unspecified atom stereocenters. The van der Waals surface area contributed by atoms with E-state index in [1.54, 1.807) is 0 Å². The number of aromatic nitrogens is 3. The highest BCUT2D eigenvalue weighted by Crippen LogP contribution is 2.16. The van der Waals surface area contributed by atoms with E-state index >= 15 is 0 Å². The molecule has 1 aromatic heterocycles. The van der Waals surface area contributed by atoms with E-state index in [4.69, 9.17) is 10.6 Å². The minimum absolute atomic E-state index is 0.0826. The van der Waals surface area contributed by atoms with E-state index in [9.17, 15) is 13.2 Å². The van der Waals surface area contributed by atoms with Gasteiger partial charge in [0.05, 0.1) is 6.61 Å². The third-order valence-electron chi connectivity index (χ3n) is 1.63. The Hall–Kier alpha value is -1.84. The normalized spacial score (nSPS) is 11.2. The van der Waals surface area contributed by atoms with Crippen LogP contribution < -0.4 is 21.3 Å². The lowest BCUT2D eigenvalue weighted by atomic mass is 10.5. The lowest BCUT2D eigenvalue weighted by Gasteiger charge is -2.10. The second kappa shape index (κ2) is 6.19. The fourth-order valence-electron chi connectivity index (χ4n) is 0.937. The van der Waals surface area contributed by atoms with E-state index in [-0.39, 0.29) is 17.9 Å². The van der Waals surface area contributed by atoms with E-state index in [1.165, 1.54) is 0 Å². The largest absolute Gasteiger partial charge is 0.463 e. The number of nitrogens with one attached hydrogen (secondary N) is 2. The van der Waals surface area contributed by atoms with Crippen LogP contribution in [0.15, 0.2) is 0 Å². The smallest absolute Gasteiger partial charge is 0.405 e. The fourth-order valence-corrected chi connectivity index (χ4v) is 0.937. The summed E-state index contributed by atoms with van der Waals surface area (Å²) >= 11 is 0. The van der Waals surface area contributed by atoms with Crippen molar-refractivity contribution in [2.24, 2.45) is 5.84 Å². The molecule has 0 aliphatic rings. The fraction of sp³-hybridized carbons (Fsp3) is 0.625. The van der Waals surface area contributed by atoms with Gasteiger partial charge in [-0.3, -0.25) is 5.43 Å². The molecule has 0 radical (unpaired) electrons. The van der Waals surface area contributed by atoms with E-state index in [0.29, 0.717) is 13.0 Å². The first-order valence-corrected chi connectivity index (χ1v) is 5.10. The number of nitrogen functional groups attached to an aromatic ring is 1. The first kappa shape index (κ1) is 14.2. The number of ether oxygens (including phenoxy) is 1. The van der Waals surface area contributed by atoms with Crippen molar-refractivity contribution >= 4 is 11.9 Å². The molecule has 102 valence electrons. The molecule has 18 heavy (non-hydrogen) atoms. The van der Waals surface area contributed by atoms with Crippen LogP contribution in [0.2, 0.25) is 0 Å². The van der Waals surface area contributed by atoms with Crippen LogP contribution in [0.25, 0.3) is 0 Å². The molecule has 0 atom stereocenters. The minimum atomic E-state index is -4.37. The minimum Gasteiger partial charge on any atom is -0.463 e. The van der Waals surface area contributed by atoms with Crippen molar-refractivity contribution in [1.29, 1.82) is 0 Å². The number of nitrogens with two attached hydrogens (primary N) is 1. The van der Waals surface area contributed by atoms with Crippen LogP contribution in [0, 0.1) is 0 Å². The summed E-state index contributed by atoms with van der Waals surface area (Å²) in [5.74, 6) is 4.74. The molecule has 0 fully saturated rings. The first-order chi connectivity index (χ1) is 8.44. The molecule has 0 spiro atoms. The van der Waals surface area contributed by atoms with Gasteiger partial charge in [0.2, 0.25) is 11.9 Å². The number of hydrogen-bond acceptors (Lipinski definition) is 7. The van der Waals surface area contributed by atoms with E-state index in [2.05, 4.69) is 20.4 Å². The summed E-state index contributed by atoms with van der Waals surface area (Å²) in [6.45, 7) is 0.951. The molecule has 4 N–H and O–H groups in total. The highest BCUT2D eigenvalue weighted by Gasteiger charge is 2.27. The van der Waals surface area contributed by atoms with Gasteiger partial charge in [-0.05, 0) is 6.42 Å². The van der Waals surface area contributed by atoms with Gasteiger partial charge < -0.3 is 10.1 Å². The van der Waals surface area contributed by atoms with Gasteiger partial charge in [-0.15, -0.1) is 0 Å². The monoisotopic (exact) mass is 266 g/mol. The average Bonchev–Trinajstić information content (AvgIpc) is 2.32. The molecule has 0 aromatic carbocycles. The van der Waals surface area contributed by atoms with Crippen molar-refractivity contribution in [3.05, 3.63) is 0 Å². The number of halogens is 3. The Morgan fingerprint density at radius 3 is 2.44 bits per heavy atom. The van der Waals surface area contributed by atoms with Crippen molar-refractivity contribution in [2.75, 3.05) is 23.9 Å². The SMILES string of the molecule is CCCOc1nc(NN)nc(NCC(F)(F)F)n1. The summed E-state index contributed by atoms with van der Waals surface area (Å²) in [4.78, 5) is 11.0. The molecule has 10 heteroatoms. The second-order valence-electron chi connectivity index (χ2n) is 3.23. The van der Waals surface area contributed by atoms with Gasteiger partial charge >= 0.3 is 12.2 Å². The maximum absolute atomic E-state index is 12.0. The zero-order chi connectivity index (χ0) is 13.6. The molecular weight excluding hydrogens is 253 g/mol. The van der Waals surface area contributed by atoms with Crippen molar-refractivity contribution in [3.63, 3.8) is 0 Å². The molecule has 0 amide bonds. The Labute approximate surface area is 101 Å². The van der Waals surface area contributed by atoms with Crippen LogP contribution in [-0.2, 0) is 0 Å². The molecule has 0 aliphatic carbocycles. The average molecular weight is 266 g/mol. The quantitative estimate of drug-likeness (QED) is 0.520. The molecule has 0 saturated heterocycles. The van der Waals surface area contributed by atoms with Crippen LogP contribution in [0.1, 0.15) is 13.3 Å². The summed E-state index contributed by atoms with van der Waals surface area (Å²) in [7, 11) is 0. The molecule has 0 saturated carbocycles. The zero-order valence-corrected chi connectivity index (χ0v) is 9.58. The maximum Gasteiger partial charge on any atom is 0.405 e. The van der Waals surface area contributed by atoms with Crippen LogP contribution in [-0.4, -0.2) is 34.3 Å². The van der Waals surface area contributed by atoms with Gasteiger partial charge in [0.25, 0.3) is 0 Å². The van der Waals surface area contributed by atoms with Gasteiger partial charge in [0.15, 0.2) is 0 Å². The van der Waals surface area contributed by atoms with Crippen molar-refractivity contribution in [2.45, 2.75) is 19.5 Å². The molecule has 1 aromatic rings. The summed E-state index contributed by atoms with van der Waals surface area (Å²) in [6, 6.07) is -0.0931. The number of alkyl halides is 3. The van der Waals surface area contributed by atoms with Crippen LogP contribution in [0.5, 0.6) is 6.01 Å². The van der Waals surface area contributed by atoms with E-state index in [0.717, 1.165) is 0 Å². The topological polar surface area (TPSA) is 98.0 Å². The maximum atomic E-state index is 12.0. The van der Waals surface area contributed by atoms with Gasteiger partial charge in [-0.1, -0.05) is 6.92 Å². The van der Waals surface area contributed by atoms with Crippen molar-refractivity contribution in [3.8, 4) is 6.01 Å². The molecule has 0 aliphatic heterocycles. The van der Waals surface area contributed by atoms with Crippen molar-refractivity contribution < 1.29 is 17.9 Å². The van der Waals surface area contributed by atoms with Gasteiger partial charge in [-0.25, -0.2) is 5.84 Å². The Kier molecular flexibility index (Phi) is 4.89. The number of rotatable bonds is 6. The Balaban J connectivity index is 2.76. The van der Waals surface area contributed by atoms with Gasteiger partial charge in [0, 0.05) is 0 Å². The van der Waals surface area contributed by atoms with E-state index in [1.807, 2.05) is 12.2 Å². The zero-order valence-electron chi connectivity index (χ0n) is 9.58. The number of nitrogens with zero attached hydrogens (tertiary/aromatic N) is 3. The molecular formula is C8H13F3N6O. The number of anilines is 2. The Morgan fingerprint density at radius 2 is 1.89 bits per heavy atom. The lowest BCUT2D eigenvalue weighted by Crippen LogP contribution is -2.23. The predicted octanol–water partition coefficient (Wildman–Crippen LogP) is 0.920.